The predicted octanol–water partition coefficient (Wildman–Crippen LogP) is 5.62. The minimum absolute atomic E-state index is 0.165. The zero-order chi connectivity index (χ0) is 17.6. The Bertz CT molecular complexity index is 878. The fourth-order valence-electron chi connectivity index (χ4n) is 2.38. The summed E-state index contributed by atoms with van der Waals surface area (Å²) in [6, 6.07) is 18.6. The number of rotatable bonds is 5. The molecule has 0 saturated carbocycles. The Morgan fingerprint density at radius 1 is 1.04 bits per heavy atom. The zero-order valence-electron chi connectivity index (χ0n) is 13.8. The number of carbonyl (C=O) groups is 1. The van der Waals surface area contributed by atoms with Crippen molar-refractivity contribution in [3.63, 3.8) is 0 Å². The van der Waals surface area contributed by atoms with Crippen LogP contribution in [0.2, 0.25) is 0 Å². The van der Waals surface area contributed by atoms with Gasteiger partial charge in [-0.25, -0.2) is 4.79 Å². The van der Waals surface area contributed by atoms with E-state index in [1.165, 1.54) is 11.8 Å². The molecule has 1 N–H and O–H groups in total. The third-order valence-corrected chi connectivity index (χ3v) is 4.57. The highest BCUT2D eigenvalue weighted by atomic mass is 32.2. The van der Waals surface area contributed by atoms with Crippen molar-refractivity contribution in [3.05, 3.63) is 60.7 Å². The molecule has 0 amide bonds. The summed E-state index contributed by atoms with van der Waals surface area (Å²) < 4.78 is 10.4. The van der Waals surface area contributed by atoms with Gasteiger partial charge in [0.05, 0.1) is 11.5 Å². The summed E-state index contributed by atoms with van der Waals surface area (Å²) in [7, 11) is 0. The maximum Gasteiger partial charge on any atom is 0.513 e. The Morgan fingerprint density at radius 3 is 2.44 bits per heavy atom. The van der Waals surface area contributed by atoms with Crippen LogP contribution in [0.25, 0.3) is 10.8 Å². The molecule has 0 aliphatic rings. The molecule has 0 atom stereocenters. The lowest BCUT2D eigenvalue weighted by Crippen LogP contribution is -2.11. The fraction of sp³-hybridized carbons (Fsp3) is 0.150. The van der Waals surface area contributed by atoms with Gasteiger partial charge in [0, 0.05) is 15.7 Å². The Labute approximate surface area is 150 Å². The van der Waals surface area contributed by atoms with Gasteiger partial charge in [-0.1, -0.05) is 61.2 Å². The van der Waals surface area contributed by atoms with Crippen LogP contribution in [0.1, 0.15) is 13.3 Å². The highest BCUT2D eigenvalue weighted by Gasteiger charge is 2.16. The number of phenolic OH excluding ortho intramolecular Hbond substituents is 1. The fourth-order valence-corrected chi connectivity index (χ4v) is 3.30. The van der Waals surface area contributed by atoms with Crippen LogP contribution in [0.5, 0.6) is 11.5 Å². The van der Waals surface area contributed by atoms with Gasteiger partial charge in [0.2, 0.25) is 0 Å². The largest absolute Gasteiger partial charge is 0.513 e. The maximum absolute atomic E-state index is 11.9. The lowest BCUT2D eigenvalue weighted by molar-refractivity contribution is 0.0996. The summed E-state index contributed by atoms with van der Waals surface area (Å²) in [5.41, 5.74) is 0. The molecule has 25 heavy (non-hydrogen) atoms. The first kappa shape index (κ1) is 17.2. The lowest BCUT2D eigenvalue weighted by Gasteiger charge is -2.13. The molecule has 0 radical (unpaired) electrons. The van der Waals surface area contributed by atoms with Crippen LogP contribution >= 0.6 is 11.8 Å². The van der Waals surface area contributed by atoms with Crippen LogP contribution in [0.15, 0.2) is 70.5 Å². The average molecular weight is 354 g/mol. The smallest absolute Gasteiger partial charge is 0.506 e. The molecule has 4 nitrogen and oxygen atoms in total. The molecule has 3 aromatic carbocycles. The SMILES string of the molecule is CCCOC(=O)Oc1cc(Sc2ccccc2)c(O)c2ccccc12. The molecule has 0 aliphatic heterocycles. The molecular weight excluding hydrogens is 336 g/mol. The van der Waals surface area contributed by atoms with Gasteiger partial charge < -0.3 is 14.6 Å². The van der Waals surface area contributed by atoms with E-state index in [4.69, 9.17) is 9.47 Å². The van der Waals surface area contributed by atoms with Crippen LogP contribution in [0.4, 0.5) is 4.79 Å². The maximum atomic E-state index is 11.9. The molecule has 0 bridgehead atoms. The van der Waals surface area contributed by atoms with Gasteiger partial charge in [-0.15, -0.1) is 0 Å². The van der Waals surface area contributed by atoms with E-state index in [2.05, 4.69) is 0 Å². The van der Waals surface area contributed by atoms with Crippen LogP contribution < -0.4 is 4.74 Å². The molecule has 3 aromatic rings. The molecule has 0 unspecified atom stereocenters. The minimum Gasteiger partial charge on any atom is -0.506 e. The van der Waals surface area contributed by atoms with Crippen molar-refractivity contribution < 1.29 is 19.4 Å². The van der Waals surface area contributed by atoms with E-state index in [0.29, 0.717) is 28.0 Å². The topological polar surface area (TPSA) is 55.8 Å². The van der Waals surface area contributed by atoms with Crippen LogP contribution in [0, 0.1) is 0 Å². The quantitative estimate of drug-likeness (QED) is 0.476. The second-order valence-electron chi connectivity index (χ2n) is 5.38. The number of benzene rings is 3. The molecule has 0 saturated heterocycles. The molecule has 0 spiro atoms. The van der Waals surface area contributed by atoms with Gasteiger partial charge >= 0.3 is 6.16 Å². The van der Waals surface area contributed by atoms with E-state index in [9.17, 15) is 9.90 Å². The molecule has 0 aliphatic carbocycles. The van der Waals surface area contributed by atoms with Gasteiger partial charge in [0.25, 0.3) is 0 Å². The second-order valence-corrected chi connectivity index (χ2v) is 6.50. The summed E-state index contributed by atoms with van der Waals surface area (Å²) in [4.78, 5) is 13.4. The molecule has 3 rings (SSSR count). The molecule has 0 heterocycles. The lowest BCUT2D eigenvalue weighted by atomic mass is 10.1. The summed E-state index contributed by atoms with van der Waals surface area (Å²) in [6.07, 6.45) is -0.0195. The average Bonchev–Trinajstić information content (AvgIpc) is 2.64. The number of fused-ring (bicyclic) bond motifs is 1. The van der Waals surface area contributed by atoms with E-state index in [1.807, 2.05) is 49.4 Å². The third kappa shape index (κ3) is 4.06. The van der Waals surface area contributed by atoms with Crippen molar-refractivity contribution in [1.82, 2.24) is 0 Å². The van der Waals surface area contributed by atoms with Crippen molar-refractivity contribution in [2.24, 2.45) is 0 Å². The van der Waals surface area contributed by atoms with Crippen LogP contribution in [0.3, 0.4) is 0 Å². The zero-order valence-corrected chi connectivity index (χ0v) is 14.6. The highest BCUT2D eigenvalue weighted by Crippen LogP contribution is 2.43. The van der Waals surface area contributed by atoms with E-state index >= 15 is 0 Å². The van der Waals surface area contributed by atoms with Gasteiger partial charge in [0.15, 0.2) is 0 Å². The summed E-state index contributed by atoms with van der Waals surface area (Å²) in [5.74, 6) is 0.534. The van der Waals surface area contributed by atoms with E-state index in [0.717, 1.165) is 11.3 Å². The number of carbonyl (C=O) groups excluding carboxylic acids is 1. The van der Waals surface area contributed by atoms with E-state index < -0.39 is 6.16 Å². The van der Waals surface area contributed by atoms with Crippen molar-refractivity contribution >= 4 is 28.7 Å². The number of aromatic hydroxyl groups is 1. The van der Waals surface area contributed by atoms with E-state index in [-0.39, 0.29) is 5.75 Å². The predicted molar refractivity (Wildman–Crippen MR) is 98.4 cm³/mol. The van der Waals surface area contributed by atoms with Crippen LogP contribution in [-0.4, -0.2) is 17.9 Å². The Morgan fingerprint density at radius 2 is 1.72 bits per heavy atom. The standard InChI is InChI=1S/C20H18O4S/c1-2-12-23-20(22)24-17-13-18(25-14-8-4-3-5-9-14)19(21)16-11-7-6-10-15(16)17/h3-11,13,21H,2,12H2,1H3. The molecule has 128 valence electrons. The molecule has 0 aromatic heterocycles. The van der Waals surface area contributed by atoms with Crippen molar-refractivity contribution in [1.29, 1.82) is 0 Å². The molecule has 0 fully saturated rings. The monoisotopic (exact) mass is 354 g/mol. The number of ether oxygens (including phenoxy) is 2. The number of hydrogen-bond donors (Lipinski definition) is 1. The normalized spacial score (nSPS) is 10.6. The first-order valence-electron chi connectivity index (χ1n) is 8.01. The first-order chi connectivity index (χ1) is 12.2. The molecular formula is C20H18O4S. The van der Waals surface area contributed by atoms with Crippen LogP contribution in [-0.2, 0) is 4.74 Å². The summed E-state index contributed by atoms with van der Waals surface area (Å²) >= 11 is 1.41. The Kier molecular flexibility index (Phi) is 5.46. The Hall–Kier alpha value is -2.66. The minimum atomic E-state index is -0.742. The van der Waals surface area contributed by atoms with Crippen molar-refractivity contribution in [2.45, 2.75) is 23.1 Å². The van der Waals surface area contributed by atoms with Gasteiger partial charge in [-0.3, -0.25) is 0 Å². The van der Waals surface area contributed by atoms with Crippen molar-refractivity contribution in [2.75, 3.05) is 6.61 Å². The highest BCUT2D eigenvalue weighted by molar-refractivity contribution is 7.99. The third-order valence-electron chi connectivity index (χ3n) is 3.53. The van der Waals surface area contributed by atoms with Gasteiger partial charge in [-0.2, -0.15) is 0 Å². The Balaban J connectivity index is 2.00. The summed E-state index contributed by atoms with van der Waals surface area (Å²) in [6.45, 7) is 2.22. The number of hydrogen-bond acceptors (Lipinski definition) is 5. The summed E-state index contributed by atoms with van der Waals surface area (Å²) in [5, 5.41) is 11.9. The van der Waals surface area contributed by atoms with Gasteiger partial charge in [0.1, 0.15) is 11.5 Å². The first-order valence-corrected chi connectivity index (χ1v) is 8.83. The van der Waals surface area contributed by atoms with Gasteiger partial charge in [-0.05, 0) is 24.6 Å². The van der Waals surface area contributed by atoms with Crippen molar-refractivity contribution in [3.8, 4) is 11.5 Å². The molecule has 5 heteroatoms. The number of phenols is 1. The second kappa shape index (κ2) is 7.94. The van der Waals surface area contributed by atoms with E-state index in [1.54, 1.807) is 18.2 Å².